The number of benzene rings is 1. The minimum Gasteiger partial charge on any atom is -0.339 e. The molecule has 1 aromatic carbocycles. The molecule has 0 atom stereocenters. The lowest BCUT2D eigenvalue weighted by atomic mass is 10.1. The Morgan fingerprint density at radius 1 is 1.14 bits per heavy atom. The Balaban J connectivity index is 2.45. The monoisotopic (exact) mass is 298 g/mol. The second-order valence-corrected chi connectivity index (χ2v) is 5.11. The maximum Gasteiger partial charge on any atom is 0.222 e. The molecule has 0 fully saturated rings. The van der Waals surface area contributed by atoms with Gasteiger partial charge in [0.15, 0.2) is 11.6 Å². The van der Waals surface area contributed by atoms with Crippen LogP contribution >= 0.6 is 0 Å². The molecule has 0 saturated carbocycles. The van der Waals surface area contributed by atoms with Gasteiger partial charge in [-0.05, 0) is 44.0 Å². The van der Waals surface area contributed by atoms with Gasteiger partial charge in [0.25, 0.3) is 0 Å². The summed E-state index contributed by atoms with van der Waals surface area (Å²) in [5.41, 5.74) is 6.02. The Kier molecular flexibility index (Phi) is 7.90. The number of amides is 1. The molecule has 0 aliphatic carbocycles. The molecule has 0 unspecified atom stereocenters. The first-order chi connectivity index (χ1) is 10.1. The van der Waals surface area contributed by atoms with Crippen LogP contribution in [0.15, 0.2) is 18.2 Å². The number of hydrogen-bond donors (Lipinski definition) is 1. The van der Waals surface area contributed by atoms with Crippen molar-refractivity contribution in [3.8, 4) is 0 Å². The van der Waals surface area contributed by atoms with Gasteiger partial charge >= 0.3 is 0 Å². The van der Waals surface area contributed by atoms with Crippen molar-refractivity contribution in [2.75, 3.05) is 13.1 Å². The molecule has 1 aromatic rings. The number of carbonyl (C=O) groups is 1. The SMILES string of the molecule is CCN(Cc1ccc(F)c(F)c1)C(=O)CCCCCCN. The first kappa shape index (κ1) is 17.6. The molecule has 1 rings (SSSR count). The molecule has 118 valence electrons. The van der Waals surface area contributed by atoms with Crippen LogP contribution in [-0.4, -0.2) is 23.9 Å². The molecule has 5 heteroatoms. The first-order valence-corrected chi connectivity index (χ1v) is 7.50. The fraction of sp³-hybridized carbons (Fsp3) is 0.562. The maximum atomic E-state index is 13.2. The average molecular weight is 298 g/mol. The number of nitrogens with two attached hydrogens (primary N) is 1. The number of unbranched alkanes of at least 4 members (excludes halogenated alkanes) is 3. The Morgan fingerprint density at radius 2 is 1.86 bits per heavy atom. The van der Waals surface area contributed by atoms with Crippen molar-refractivity contribution in [2.45, 2.75) is 45.6 Å². The summed E-state index contributed by atoms with van der Waals surface area (Å²) in [6.07, 6.45) is 4.35. The highest BCUT2D eigenvalue weighted by Gasteiger charge is 2.13. The van der Waals surface area contributed by atoms with Crippen molar-refractivity contribution in [3.63, 3.8) is 0 Å². The van der Waals surface area contributed by atoms with Crippen molar-refractivity contribution in [1.29, 1.82) is 0 Å². The highest BCUT2D eigenvalue weighted by atomic mass is 19.2. The van der Waals surface area contributed by atoms with Crippen LogP contribution in [0.1, 0.15) is 44.6 Å². The Hall–Kier alpha value is -1.49. The summed E-state index contributed by atoms with van der Waals surface area (Å²) in [5.74, 6) is -1.69. The van der Waals surface area contributed by atoms with Crippen molar-refractivity contribution in [1.82, 2.24) is 4.90 Å². The molecule has 21 heavy (non-hydrogen) atoms. The van der Waals surface area contributed by atoms with Crippen LogP contribution in [0.4, 0.5) is 8.78 Å². The van der Waals surface area contributed by atoms with E-state index in [2.05, 4.69) is 0 Å². The Morgan fingerprint density at radius 3 is 2.48 bits per heavy atom. The molecular weight excluding hydrogens is 274 g/mol. The lowest BCUT2D eigenvalue weighted by molar-refractivity contribution is -0.131. The second kappa shape index (κ2) is 9.45. The van der Waals surface area contributed by atoms with Crippen molar-refractivity contribution in [3.05, 3.63) is 35.4 Å². The molecule has 1 amide bonds. The zero-order valence-electron chi connectivity index (χ0n) is 12.6. The van der Waals surface area contributed by atoms with Crippen LogP contribution in [0.2, 0.25) is 0 Å². The molecule has 0 spiro atoms. The zero-order chi connectivity index (χ0) is 15.7. The molecule has 0 radical (unpaired) electrons. The van der Waals surface area contributed by atoms with Crippen LogP contribution in [0.3, 0.4) is 0 Å². The summed E-state index contributed by atoms with van der Waals surface area (Å²) in [5, 5.41) is 0. The van der Waals surface area contributed by atoms with E-state index in [1.165, 1.54) is 6.07 Å². The highest BCUT2D eigenvalue weighted by molar-refractivity contribution is 5.76. The Bertz CT molecular complexity index is 452. The van der Waals surface area contributed by atoms with Crippen LogP contribution in [-0.2, 0) is 11.3 Å². The molecule has 0 heterocycles. The van der Waals surface area contributed by atoms with E-state index in [1.54, 1.807) is 4.90 Å². The van der Waals surface area contributed by atoms with Crippen LogP contribution in [0, 0.1) is 11.6 Å². The number of nitrogens with zero attached hydrogens (tertiary/aromatic N) is 1. The quantitative estimate of drug-likeness (QED) is 0.712. The predicted molar refractivity (Wildman–Crippen MR) is 79.6 cm³/mol. The van der Waals surface area contributed by atoms with E-state index in [-0.39, 0.29) is 5.91 Å². The van der Waals surface area contributed by atoms with Crippen LogP contribution < -0.4 is 5.73 Å². The topological polar surface area (TPSA) is 46.3 Å². The molecule has 2 N–H and O–H groups in total. The van der Waals surface area contributed by atoms with E-state index >= 15 is 0 Å². The highest BCUT2D eigenvalue weighted by Crippen LogP contribution is 2.13. The third-order valence-electron chi connectivity index (χ3n) is 3.44. The third-order valence-corrected chi connectivity index (χ3v) is 3.44. The smallest absolute Gasteiger partial charge is 0.222 e. The van der Waals surface area contributed by atoms with E-state index in [4.69, 9.17) is 5.73 Å². The third kappa shape index (κ3) is 6.21. The summed E-state index contributed by atoms with van der Waals surface area (Å²) in [7, 11) is 0. The molecular formula is C16H24F2N2O. The van der Waals surface area contributed by atoms with Crippen molar-refractivity contribution < 1.29 is 13.6 Å². The van der Waals surface area contributed by atoms with E-state index in [1.807, 2.05) is 6.92 Å². The fourth-order valence-electron chi connectivity index (χ4n) is 2.17. The zero-order valence-corrected chi connectivity index (χ0v) is 12.6. The fourth-order valence-corrected chi connectivity index (χ4v) is 2.17. The number of carbonyl (C=O) groups excluding carboxylic acids is 1. The molecule has 0 aliphatic heterocycles. The normalized spacial score (nSPS) is 10.7. The van der Waals surface area contributed by atoms with E-state index < -0.39 is 11.6 Å². The summed E-state index contributed by atoms with van der Waals surface area (Å²) in [4.78, 5) is 13.8. The molecule has 0 bridgehead atoms. The molecule has 0 aromatic heterocycles. The second-order valence-electron chi connectivity index (χ2n) is 5.11. The van der Waals surface area contributed by atoms with Gasteiger partial charge in [-0.3, -0.25) is 4.79 Å². The van der Waals surface area contributed by atoms with Gasteiger partial charge in [-0.1, -0.05) is 18.9 Å². The predicted octanol–water partition coefficient (Wildman–Crippen LogP) is 3.22. The average Bonchev–Trinajstić information content (AvgIpc) is 2.48. The lowest BCUT2D eigenvalue weighted by Crippen LogP contribution is -2.30. The maximum absolute atomic E-state index is 13.2. The van der Waals surface area contributed by atoms with Gasteiger partial charge in [-0.2, -0.15) is 0 Å². The van der Waals surface area contributed by atoms with E-state index in [0.29, 0.717) is 31.6 Å². The minimum atomic E-state index is -0.877. The summed E-state index contributed by atoms with van der Waals surface area (Å²) >= 11 is 0. The van der Waals surface area contributed by atoms with Crippen molar-refractivity contribution >= 4 is 5.91 Å². The van der Waals surface area contributed by atoms with Gasteiger partial charge in [-0.25, -0.2) is 8.78 Å². The van der Waals surface area contributed by atoms with E-state index in [0.717, 1.165) is 37.8 Å². The van der Waals surface area contributed by atoms with Crippen LogP contribution in [0.25, 0.3) is 0 Å². The van der Waals surface area contributed by atoms with Gasteiger partial charge in [0.1, 0.15) is 0 Å². The summed E-state index contributed by atoms with van der Waals surface area (Å²) < 4.78 is 26.0. The summed E-state index contributed by atoms with van der Waals surface area (Å²) in [6, 6.07) is 3.75. The standard InChI is InChI=1S/C16H24F2N2O/c1-2-20(16(21)7-5-3-4-6-10-19)12-13-8-9-14(17)15(18)11-13/h8-9,11H,2-7,10,12,19H2,1H3. The largest absolute Gasteiger partial charge is 0.339 e. The molecule has 0 saturated heterocycles. The number of rotatable bonds is 9. The van der Waals surface area contributed by atoms with Crippen molar-refractivity contribution in [2.24, 2.45) is 5.73 Å². The lowest BCUT2D eigenvalue weighted by Gasteiger charge is -2.21. The number of hydrogen-bond acceptors (Lipinski definition) is 2. The van der Waals surface area contributed by atoms with Gasteiger partial charge < -0.3 is 10.6 Å². The van der Waals surface area contributed by atoms with Crippen LogP contribution in [0.5, 0.6) is 0 Å². The van der Waals surface area contributed by atoms with Gasteiger partial charge in [-0.15, -0.1) is 0 Å². The molecule has 3 nitrogen and oxygen atoms in total. The molecule has 0 aliphatic rings. The summed E-state index contributed by atoms with van der Waals surface area (Å²) in [6.45, 7) is 3.44. The van der Waals surface area contributed by atoms with Gasteiger partial charge in [0.05, 0.1) is 0 Å². The minimum absolute atomic E-state index is 0.0509. The van der Waals surface area contributed by atoms with Gasteiger partial charge in [0.2, 0.25) is 5.91 Å². The first-order valence-electron chi connectivity index (χ1n) is 7.50. The number of halogens is 2. The van der Waals surface area contributed by atoms with E-state index in [9.17, 15) is 13.6 Å². The Labute approximate surface area is 125 Å². The van der Waals surface area contributed by atoms with Gasteiger partial charge in [0, 0.05) is 19.5 Å².